The molecular weight excluding hydrogens is 254 g/mol. The monoisotopic (exact) mass is 263 g/mol. The maximum absolute atomic E-state index is 10.9. The van der Waals surface area contributed by atoms with Gasteiger partial charge in [-0.05, 0) is 13.0 Å². The summed E-state index contributed by atoms with van der Waals surface area (Å²) in [6, 6.07) is 6.36. The quantitative estimate of drug-likeness (QED) is 0.666. The third kappa shape index (κ3) is 2.00. The largest absolute Gasteiger partial charge is 0.397 e. The van der Waals surface area contributed by atoms with Crippen LogP contribution >= 0.6 is 11.6 Å². The predicted molar refractivity (Wildman–Crippen MR) is 70.5 cm³/mol. The lowest BCUT2D eigenvalue weighted by Gasteiger charge is -2.08. The topological polar surface area (TPSA) is 82.0 Å². The van der Waals surface area contributed by atoms with Gasteiger partial charge in [0.05, 0.1) is 21.3 Å². The summed E-state index contributed by atoms with van der Waals surface area (Å²) in [7, 11) is 0. The molecule has 0 amide bonds. The van der Waals surface area contributed by atoms with Crippen molar-refractivity contribution in [3.8, 4) is 11.3 Å². The van der Waals surface area contributed by atoms with Gasteiger partial charge in [-0.1, -0.05) is 23.7 Å². The number of rotatable bonds is 2. The van der Waals surface area contributed by atoms with Crippen LogP contribution in [0, 0.1) is 17.0 Å². The van der Waals surface area contributed by atoms with Gasteiger partial charge in [0.1, 0.15) is 0 Å². The second-order valence-corrected chi connectivity index (χ2v) is 4.15. The third-order valence-corrected chi connectivity index (χ3v) is 3.07. The Morgan fingerprint density at radius 1 is 1.39 bits per heavy atom. The minimum Gasteiger partial charge on any atom is -0.397 e. The zero-order chi connectivity index (χ0) is 13.3. The van der Waals surface area contributed by atoms with E-state index >= 15 is 0 Å². The van der Waals surface area contributed by atoms with Gasteiger partial charge in [-0.25, -0.2) is 0 Å². The molecule has 0 saturated carbocycles. The maximum atomic E-state index is 10.9. The van der Waals surface area contributed by atoms with Gasteiger partial charge in [0, 0.05) is 23.4 Å². The molecule has 0 aliphatic carbocycles. The molecular formula is C12H10ClN3O2. The fourth-order valence-corrected chi connectivity index (χ4v) is 1.94. The van der Waals surface area contributed by atoms with Crippen LogP contribution in [0.25, 0.3) is 11.3 Å². The number of nitrogen functional groups attached to an aromatic ring is 1. The molecule has 1 aromatic carbocycles. The zero-order valence-electron chi connectivity index (χ0n) is 9.55. The second kappa shape index (κ2) is 4.62. The van der Waals surface area contributed by atoms with E-state index in [9.17, 15) is 10.1 Å². The molecule has 0 unspecified atom stereocenters. The van der Waals surface area contributed by atoms with Crippen LogP contribution in [0.4, 0.5) is 11.4 Å². The average molecular weight is 264 g/mol. The molecule has 2 N–H and O–H groups in total. The Hall–Kier alpha value is -2.14. The Morgan fingerprint density at radius 3 is 2.78 bits per heavy atom. The lowest BCUT2D eigenvalue weighted by molar-refractivity contribution is -0.385. The number of anilines is 1. The van der Waals surface area contributed by atoms with E-state index in [0.29, 0.717) is 27.5 Å². The molecule has 0 radical (unpaired) electrons. The summed E-state index contributed by atoms with van der Waals surface area (Å²) in [5, 5.41) is 11.2. The lowest BCUT2D eigenvalue weighted by Crippen LogP contribution is -1.97. The van der Waals surface area contributed by atoms with E-state index in [1.165, 1.54) is 12.3 Å². The van der Waals surface area contributed by atoms with E-state index in [2.05, 4.69) is 4.98 Å². The molecule has 0 aliphatic heterocycles. The number of hydrogen-bond donors (Lipinski definition) is 1. The summed E-state index contributed by atoms with van der Waals surface area (Å²) in [4.78, 5) is 14.6. The number of nitrogens with two attached hydrogens (primary N) is 1. The first-order chi connectivity index (χ1) is 8.52. The van der Waals surface area contributed by atoms with Crippen LogP contribution in [-0.2, 0) is 0 Å². The number of nitro benzene ring substituents is 1. The van der Waals surface area contributed by atoms with Crippen molar-refractivity contribution < 1.29 is 4.92 Å². The summed E-state index contributed by atoms with van der Waals surface area (Å²) in [5.74, 6) is 0. The highest BCUT2D eigenvalue weighted by Crippen LogP contribution is 2.34. The normalized spacial score (nSPS) is 10.3. The fourth-order valence-electron chi connectivity index (χ4n) is 1.72. The molecule has 0 fully saturated rings. The van der Waals surface area contributed by atoms with Crippen molar-refractivity contribution in [2.45, 2.75) is 6.92 Å². The average Bonchev–Trinajstić information content (AvgIpc) is 2.33. The summed E-state index contributed by atoms with van der Waals surface area (Å²) >= 11 is 6.07. The van der Waals surface area contributed by atoms with Crippen LogP contribution in [0.1, 0.15) is 5.56 Å². The summed E-state index contributed by atoms with van der Waals surface area (Å²) < 4.78 is 0. The number of hydrogen-bond acceptors (Lipinski definition) is 4. The van der Waals surface area contributed by atoms with Gasteiger partial charge in [-0.3, -0.25) is 15.1 Å². The Balaban J connectivity index is 2.69. The van der Waals surface area contributed by atoms with Gasteiger partial charge >= 0.3 is 0 Å². The minimum absolute atomic E-state index is 0.0350. The van der Waals surface area contributed by atoms with Crippen LogP contribution in [0.5, 0.6) is 0 Å². The van der Waals surface area contributed by atoms with Gasteiger partial charge in [0.25, 0.3) is 5.69 Å². The maximum Gasteiger partial charge on any atom is 0.272 e. The van der Waals surface area contributed by atoms with E-state index in [-0.39, 0.29) is 5.69 Å². The standard InChI is InChI=1S/C12H10ClN3O2/c1-7-8(3-2-4-10(7)16(17)18)12-11(13)9(14)5-6-15-12/h2-6H,1H3,(H2,14,15). The van der Waals surface area contributed by atoms with Gasteiger partial charge in [-0.2, -0.15) is 0 Å². The smallest absolute Gasteiger partial charge is 0.272 e. The van der Waals surface area contributed by atoms with E-state index < -0.39 is 4.92 Å². The van der Waals surface area contributed by atoms with E-state index in [4.69, 9.17) is 17.3 Å². The van der Waals surface area contributed by atoms with E-state index in [0.717, 1.165) is 0 Å². The lowest BCUT2D eigenvalue weighted by atomic mass is 10.0. The molecule has 1 aromatic heterocycles. The molecule has 2 rings (SSSR count). The van der Waals surface area contributed by atoms with Crippen molar-refractivity contribution in [1.82, 2.24) is 4.98 Å². The van der Waals surface area contributed by atoms with Gasteiger partial charge in [0.2, 0.25) is 0 Å². The van der Waals surface area contributed by atoms with Crippen LogP contribution < -0.4 is 5.73 Å². The summed E-state index contributed by atoms with van der Waals surface area (Å²) in [6.07, 6.45) is 1.52. The number of aromatic nitrogens is 1. The molecule has 92 valence electrons. The van der Waals surface area contributed by atoms with Crippen molar-refractivity contribution in [3.63, 3.8) is 0 Å². The molecule has 0 bridgehead atoms. The Kier molecular flexibility index (Phi) is 3.16. The molecule has 2 aromatic rings. The van der Waals surface area contributed by atoms with Crippen LogP contribution in [0.3, 0.4) is 0 Å². The Morgan fingerprint density at radius 2 is 2.11 bits per heavy atom. The highest BCUT2D eigenvalue weighted by atomic mass is 35.5. The molecule has 5 nitrogen and oxygen atoms in total. The first kappa shape index (κ1) is 12.3. The SMILES string of the molecule is Cc1c(-c2nccc(N)c2Cl)cccc1[N+](=O)[O-]. The van der Waals surface area contributed by atoms with Crippen molar-refractivity contribution in [2.24, 2.45) is 0 Å². The number of benzene rings is 1. The van der Waals surface area contributed by atoms with Crippen molar-refractivity contribution in [2.75, 3.05) is 5.73 Å². The number of nitro groups is 1. The van der Waals surface area contributed by atoms with Gasteiger partial charge in [-0.15, -0.1) is 0 Å². The number of nitrogens with zero attached hydrogens (tertiary/aromatic N) is 2. The molecule has 0 atom stereocenters. The molecule has 0 saturated heterocycles. The first-order valence-corrected chi connectivity index (χ1v) is 5.54. The Bertz CT molecular complexity index is 629. The minimum atomic E-state index is -0.432. The first-order valence-electron chi connectivity index (χ1n) is 5.16. The van der Waals surface area contributed by atoms with Crippen LogP contribution in [0.15, 0.2) is 30.5 Å². The van der Waals surface area contributed by atoms with Crippen LogP contribution in [-0.4, -0.2) is 9.91 Å². The van der Waals surface area contributed by atoms with Gasteiger partial charge in [0.15, 0.2) is 0 Å². The van der Waals surface area contributed by atoms with Crippen LogP contribution in [0.2, 0.25) is 5.02 Å². The predicted octanol–water partition coefficient (Wildman–Crippen LogP) is 3.20. The highest BCUT2D eigenvalue weighted by Gasteiger charge is 2.17. The summed E-state index contributed by atoms with van der Waals surface area (Å²) in [6.45, 7) is 1.66. The number of halogens is 1. The van der Waals surface area contributed by atoms with Crippen molar-refractivity contribution >= 4 is 23.0 Å². The molecule has 18 heavy (non-hydrogen) atoms. The highest BCUT2D eigenvalue weighted by molar-refractivity contribution is 6.35. The number of pyridine rings is 1. The van der Waals surface area contributed by atoms with Gasteiger partial charge < -0.3 is 5.73 Å². The molecule has 1 heterocycles. The third-order valence-electron chi connectivity index (χ3n) is 2.68. The zero-order valence-corrected chi connectivity index (χ0v) is 10.3. The summed E-state index contributed by atoms with van der Waals surface area (Å²) in [5.41, 5.74) is 7.72. The molecule has 0 spiro atoms. The van der Waals surface area contributed by atoms with Crippen molar-refractivity contribution in [1.29, 1.82) is 0 Å². The van der Waals surface area contributed by atoms with E-state index in [1.807, 2.05) is 0 Å². The molecule has 6 heteroatoms. The molecule has 0 aliphatic rings. The second-order valence-electron chi connectivity index (χ2n) is 3.77. The fraction of sp³-hybridized carbons (Fsp3) is 0.0833. The van der Waals surface area contributed by atoms with E-state index in [1.54, 1.807) is 25.1 Å². The Labute approximate surface area is 108 Å². The van der Waals surface area contributed by atoms with Crippen molar-refractivity contribution in [3.05, 3.63) is 51.2 Å².